The highest BCUT2D eigenvalue weighted by atomic mass is 35.5. The minimum Gasteiger partial charge on any atom is -0.488 e. The van der Waals surface area contributed by atoms with Gasteiger partial charge in [0.05, 0.1) is 53.8 Å². The van der Waals surface area contributed by atoms with Crippen molar-refractivity contribution < 1.29 is 33.8 Å². The summed E-state index contributed by atoms with van der Waals surface area (Å²) in [5.41, 5.74) is 3.56. The van der Waals surface area contributed by atoms with Gasteiger partial charge >= 0.3 is 5.97 Å². The van der Waals surface area contributed by atoms with Gasteiger partial charge in [-0.1, -0.05) is 36.6 Å². The van der Waals surface area contributed by atoms with Gasteiger partial charge in [0, 0.05) is 30.1 Å². The first-order valence-corrected chi connectivity index (χ1v) is 17.1. The van der Waals surface area contributed by atoms with E-state index >= 15 is 0 Å². The highest BCUT2D eigenvalue weighted by Gasteiger charge is 2.46. The van der Waals surface area contributed by atoms with Crippen molar-refractivity contribution in [2.75, 3.05) is 26.2 Å². The van der Waals surface area contributed by atoms with E-state index in [0.717, 1.165) is 23.3 Å². The highest BCUT2D eigenvalue weighted by molar-refractivity contribution is 7.11. The first-order valence-electron chi connectivity index (χ1n) is 15.9. The zero-order valence-electron chi connectivity index (χ0n) is 25.5. The van der Waals surface area contributed by atoms with Crippen LogP contribution in [0.1, 0.15) is 79.7 Å². The molecule has 1 saturated heterocycles. The first kappa shape index (κ1) is 31.3. The average molecular weight is 677 g/mol. The fraction of sp³-hybridized carbons (Fsp3) is 0.412. The summed E-state index contributed by atoms with van der Waals surface area (Å²) in [5, 5.41) is 10.5. The molecule has 0 bridgehead atoms. The molecule has 0 unspecified atom stereocenters. The third kappa shape index (κ3) is 5.67. The smallest absolute Gasteiger partial charge is 0.307 e. The zero-order valence-corrected chi connectivity index (χ0v) is 27.0. The highest BCUT2D eigenvalue weighted by Crippen LogP contribution is 2.44. The van der Waals surface area contributed by atoms with Gasteiger partial charge in [-0.3, -0.25) is 33.9 Å². The predicted molar refractivity (Wildman–Crippen MR) is 172 cm³/mol. The molecule has 4 atom stereocenters. The molecule has 244 valence electrons. The van der Waals surface area contributed by atoms with Crippen molar-refractivity contribution in [3.05, 3.63) is 80.3 Å². The van der Waals surface area contributed by atoms with Crippen LogP contribution in [0.5, 0.6) is 5.75 Å². The monoisotopic (exact) mass is 676 g/mol. The lowest BCUT2D eigenvalue weighted by Crippen LogP contribution is -2.50. The van der Waals surface area contributed by atoms with Gasteiger partial charge in [0.25, 0.3) is 17.7 Å². The van der Waals surface area contributed by atoms with Crippen LogP contribution >= 0.6 is 22.9 Å². The van der Waals surface area contributed by atoms with Gasteiger partial charge in [0.1, 0.15) is 16.7 Å². The molecule has 1 aromatic heterocycles. The number of aromatic nitrogens is 1. The Labute approximate surface area is 280 Å². The number of imide groups is 1. The van der Waals surface area contributed by atoms with Crippen LogP contribution < -0.4 is 4.74 Å². The lowest BCUT2D eigenvalue weighted by atomic mass is 9.77. The molecular formula is C34H33ClN4O7S. The van der Waals surface area contributed by atoms with E-state index in [1.165, 1.54) is 11.3 Å². The number of ether oxygens (including phenoxy) is 1. The predicted octanol–water partition coefficient (Wildman–Crippen LogP) is 4.70. The van der Waals surface area contributed by atoms with Gasteiger partial charge in [-0.25, -0.2) is 0 Å². The van der Waals surface area contributed by atoms with Crippen LogP contribution in [0.4, 0.5) is 0 Å². The largest absolute Gasteiger partial charge is 0.488 e. The summed E-state index contributed by atoms with van der Waals surface area (Å²) < 4.78 is 6.58. The minimum atomic E-state index is -0.997. The van der Waals surface area contributed by atoms with Gasteiger partial charge in [0.2, 0.25) is 5.91 Å². The van der Waals surface area contributed by atoms with Gasteiger partial charge < -0.3 is 19.6 Å². The number of hydrogen-bond donors (Lipinski definition) is 1. The van der Waals surface area contributed by atoms with E-state index in [2.05, 4.69) is 4.98 Å². The molecule has 0 radical (unpaired) electrons. The number of rotatable bonds is 7. The third-order valence-corrected chi connectivity index (χ3v) is 11.0. The molecule has 1 N–H and O–H groups in total. The third-order valence-electron chi connectivity index (χ3n) is 9.86. The van der Waals surface area contributed by atoms with Gasteiger partial charge in [-0.2, -0.15) is 0 Å². The van der Waals surface area contributed by atoms with Crippen LogP contribution in [0.15, 0.2) is 48.1 Å². The van der Waals surface area contributed by atoms with E-state index in [0.29, 0.717) is 71.1 Å². The molecule has 2 fully saturated rings. The van der Waals surface area contributed by atoms with E-state index in [-0.39, 0.29) is 31.0 Å². The van der Waals surface area contributed by atoms with E-state index in [4.69, 9.17) is 16.3 Å². The maximum atomic E-state index is 14.4. The number of amides is 4. The van der Waals surface area contributed by atoms with Crippen molar-refractivity contribution >= 4 is 52.5 Å². The number of carbonyl (C=O) groups excluding carboxylic acids is 4. The summed E-state index contributed by atoms with van der Waals surface area (Å²) in [6.45, 7) is 0.944. The molecule has 1 aliphatic carbocycles. The Bertz CT molecular complexity index is 1730. The Morgan fingerprint density at radius 2 is 1.70 bits per heavy atom. The number of hydrogen-bond acceptors (Lipinski definition) is 8. The molecule has 3 aliphatic heterocycles. The number of nitrogens with zero attached hydrogens (tertiary/aromatic N) is 4. The second-order valence-corrected chi connectivity index (χ2v) is 13.8. The van der Waals surface area contributed by atoms with E-state index < -0.39 is 35.7 Å². The van der Waals surface area contributed by atoms with Crippen molar-refractivity contribution in [3.8, 4) is 5.75 Å². The molecule has 13 heteroatoms. The maximum absolute atomic E-state index is 14.4. The molecule has 11 nitrogen and oxygen atoms in total. The van der Waals surface area contributed by atoms with Gasteiger partial charge in [-0.15, -0.1) is 11.3 Å². The fourth-order valence-corrected chi connectivity index (χ4v) is 8.36. The van der Waals surface area contributed by atoms with Crippen molar-refractivity contribution in [1.82, 2.24) is 19.7 Å². The standard InChI is InChI=1S/C34H33ClN4O7S/c35-25-9-10-27(46-19-11-13-37(16-19)33(43)28-15-36-18-47-28)29-24(25)12-14-38(30(40)22-7-3-4-8-23(22)34(44)45)26(29)17-39-31(41)20-5-1-2-6-21(20)32(39)42/h1-2,5-6,9-10,15,18-19,22-23,26H,3-4,7-8,11-14,16-17H2,(H,44,45)/t19-,22+,23-,26+/m0/s1. The SMILES string of the molecule is O=C(O)[C@H]1CCCC[C@H]1C(=O)N1CCc2c(Cl)ccc(O[C@H]3CCN(C(=O)c4cncs4)C3)c2[C@H]1CN1C(=O)c2ccccc2C1=O. The minimum absolute atomic E-state index is 0.113. The Kier molecular flexibility index (Phi) is 8.48. The van der Waals surface area contributed by atoms with Crippen LogP contribution in [0, 0.1) is 11.8 Å². The number of halogens is 1. The number of carboxylic acid groups (broad SMARTS) is 1. The van der Waals surface area contributed by atoms with E-state index in [1.54, 1.807) is 57.9 Å². The number of aliphatic carboxylic acids is 1. The van der Waals surface area contributed by atoms with Crippen molar-refractivity contribution in [2.24, 2.45) is 11.8 Å². The topological polar surface area (TPSA) is 137 Å². The summed E-state index contributed by atoms with van der Waals surface area (Å²) in [4.78, 5) is 75.8. The average Bonchev–Trinajstić information content (AvgIpc) is 3.84. The van der Waals surface area contributed by atoms with E-state index in [1.807, 2.05) is 0 Å². The lowest BCUT2D eigenvalue weighted by molar-refractivity contribution is -0.153. The number of benzene rings is 2. The van der Waals surface area contributed by atoms with Crippen LogP contribution in [0.25, 0.3) is 0 Å². The molecule has 4 amide bonds. The number of carboxylic acids is 1. The Morgan fingerprint density at radius 1 is 0.979 bits per heavy atom. The van der Waals surface area contributed by atoms with Crippen molar-refractivity contribution in [3.63, 3.8) is 0 Å². The second kappa shape index (κ2) is 12.7. The molecule has 1 saturated carbocycles. The molecule has 4 heterocycles. The fourth-order valence-electron chi connectivity index (χ4n) is 7.51. The number of carbonyl (C=O) groups is 5. The van der Waals surface area contributed by atoms with Gasteiger partial charge in [0.15, 0.2) is 0 Å². The quantitative estimate of drug-likeness (QED) is 0.356. The van der Waals surface area contributed by atoms with Crippen LogP contribution in [-0.4, -0.2) is 86.7 Å². The van der Waals surface area contributed by atoms with E-state index in [9.17, 15) is 29.1 Å². The first-order chi connectivity index (χ1) is 22.7. The van der Waals surface area contributed by atoms with Crippen molar-refractivity contribution in [2.45, 2.75) is 50.7 Å². The second-order valence-electron chi connectivity index (χ2n) is 12.5. The summed E-state index contributed by atoms with van der Waals surface area (Å²) in [6, 6.07) is 9.27. The van der Waals surface area contributed by atoms with Crippen LogP contribution in [0.2, 0.25) is 5.02 Å². The van der Waals surface area contributed by atoms with Crippen LogP contribution in [-0.2, 0) is 16.0 Å². The molecule has 2 aromatic carbocycles. The Hall–Kier alpha value is -4.29. The van der Waals surface area contributed by atoms with Gasteiger partial charge in [-0.05, 0) is 49.1 Å². The summed E-state index contributed by atoms with van der Waals surface area (Å²) in [5.74, 6) is -3.41. The molecular weight excluding hydrogens is 644 g/mol. The summed E-state index contributed by atoms with van der Waals surface area (Å²) in [7, 11) is 0. The summed E-state index contributed by atoms with van der Waals surface area (Å²) >= 11 is 8.04. The normalized spacial score (nSPS) is 23.9. The lowest BCUT2D eigenvalue weighted by Gasteiger charge is -2.42. The Morgan fingerprint density at radius 3 is 2.38 bits per heavy atom. The molecule has 4 aliphatic rings. The molecule has 0 spiro atoms. The maximum Gasteiger partial charge on any atom is 0.307 e. The Balaban J connectivity index is 1.24. The molecule has 7 rings (SSSR count). The summed E-state index contributed by atoms with van der Waals surface area (Å²) in [6.07, 6.45) is 4.51. The van der Waals surface area contributed by atoms with Crippen LogP contribution in [0.3, 0.4) is 0 Å². The zero-order chi connectivity index (χ0) is 32.8. The number of thiazole rings is 1. The molecule has 47 heavy (non-hydrogen) atoms. The molecule has 3 aromatic rings. The number of likely N-dealkylation sites (tertiary alicyclic amines) is 1. The van der Waals surface area contributed by atoms with Crippen molar-refractivity contribution in [1.29, 1.82) is 0 Å². The number of fused-ring (bicyclic) bond motifs is 2.